The molecule has 0 aliphatic heterocycles. The van der Waals surface area contributed by atoms with Crippen molar-refractivity contribution in [2.45, 2.75) is 39.7 Å². The molecule has 2 nitrogen and oxygen atoms in total. The monoisotopic (exact) mass is 173 g/mol. The molecule has 0 heterocycles. The molecule has 0 aromatic carbocycles. The lowest BCUT2D eigenvalue weighted by atomic mass is 10.1. The van der Waals surface area contributed by atoms with Crippen molar-refractivity contribution in [3.8, 4) is 0 Å². The Labute approximate surface area is 76.6 Å². The first kappa shape index (κ1) is 11.9. The van der Waals surface area contributed by atoms with Gasteiger partial charge in [-0.15, -0.1) is 0 Å². The van der Waals surface area contributed by atoms with Crippen LogP contribution in [0.2, 0.25) is 0 Å². The summed E-state index contributed by atoms with van der Waals surface area (Å²) in [7, 11) is 2.14. The van der Waals surface area contributed by atoms with Crippen LogP contribution in [0.15, 0.2) is 0 Å². The van der Waals surface area contributed by atoms with Gasteiger partial charge in [0.05, 0.1) is 0 Å². The summed E-state index contributed by atoms with van der Waals surface area (Å²) in [5.41, 5.74) is 0. The minimum atomic E-state index is 0.296. The summed E-state index contributed by atoms with van der Waals surface area (Å²) in [6.45, 7) is 7.81. The van der Waals surface area contributed by atoms with E-state index < -0.39 is 0 Å². The lowest BCUT2D eigenvalue weighted by molar-refractivity contribution is 0.156. The van der Waals surface area contributed by atoms with Crippen LogP contribution in [0.3, 0.4) is 0 Å². The zero-order valence-corrected chi connectivity index (χ0v) is 8.88. The van der Waals surface area contributed by atoms with Gasteiger partial charge >= 0.3 is 0 Å². The van der Waals surface area contributed by atoms with Crippen LogP contribution in [0, 0.1) is 5.92 Å². The van der Waals surface area contributed by atoms with Gasteiger partial charge < -0.3 is 10.0 Å². The zero-order valence-electron chi connectivity index (χ0n) is 8.88. The van der Waals surface area contributed by atoms with Crippen LogP contribution in [-0.4, -0.2) is 36.2 Å². The minimum Gasteiger partial charge on any atom is -0.396 e. The molecule has 1 N–H and O–H groups in total. The molecule has 2 heteroatoms. The lowest BCUT2D eigenvalue weighted by Crippen LogP contribution is -2.34. The summed E-state index contributed by atoms with van der Waals surface area (Å²) >= 11 is 0. The van der Waals surface area contributed by atoms with Crippen molar-refractivity contribution in [2.24, 2.45) is 5.92 Å². The molecule has 0 aromatic heterocycles. The van der Waals surface area contributed by atoms with E-state index in [2.05, 4.69) is 32.7 Å². The molecule has 0 bridgehead atoms. The number of aliphatic hydroxyl groups is 1. The number of nitrogens with zero attached hydrogens (tertiary/aromatic N) is 1. The summed E-state index contributed by atoms with van der Waals surface area (Å²) in [4.78, 5) is 2.35. The maximum atomic E-state index is 8.88. The summed E-state index contributed by atoms with van der Waals surface area (Å²) in [5.74, 6) is 0.399. The number of hydrogen-bond donors (Lipinski definition) is 1. The third kappa shape index (κ3) is 4.07. The molecular weight excluding hydrogens is 150 g/mol. The molecule has 0 radical (unpaired) electrons. The van der Waals surface area contributed by atoms with Gasteiger partial charge in [-0.05, 0) is 25.8 Å². The van der Waals surface area contributed by atoms with Gasteiger partial charge in [-0.3, -0.25) is 0 Å². The molecule has 0 amide bonds. The van der Waals surface area contributed by atoms with Crippen LogP contribution < -0.4 is 0 Å². The maximum Gasteiger partial charge on any atom is 0.0468 e. The van der Waals surface area contributed by atoms with Crippen molar-refractivity contribution in [1.29, 1.82) is 0 Å². The van der Waals surface area contributed by atoms with Gasteiger partial charge in [0, 0.05) is 19.2 Å². The van der Waals surface area contributed by atoms with E-state index in [-0.39, 0.29) is 0 Å². The van der Waals surface area contributed by atoms with Crippen molar-refractivity contribution >= 4 is 0 Å². The van der Waals surface area contributed by atoms with E-state index in [1.807, 2.05) is 0 Å². The van der Waals surface area contributed by atoms with Gasteiger partial charge in [0.15, 0.2) is 0 Å². The van der Waals surface area contributed by atoms with Crippen LogP contribution >= 0.6 is 0 Å². The molecule has 0 fully saturated rings. The van der Waals surface area contributed by atoms with Gasteiger partial charge in [0.25, 0.3) is 0 Å². The average molecular weight is 173 g/mol. The Bertz CT molecular complexity index is 102. The summed E-state index contributed by atoms with van der Waals surface area (Å²) < 4.78 is 0. The molecule has 0 saturated carbocycles. The Morgan fingerprint density at radius 1 is 1.25 bits per heavy atom. The molecule has 1 atom stereocenters. The van der Waals surface area contributed by atoms with Gasteiger partial charge in [0.2, 0.25) is 0 Å². The van der Waals surface area contributed by atoms with E-state index in [0.717, 1.165) is 6.54 Å². The lowest BCUT2D eigenvalue weighted by Gasteiger charge is -2.28. The minimum absolute atomic E-state index is 0.296. The topological polar surface area (TPSA) is 23.5 Å². The Balaban J connectivity index is 3.75. The van der Waals surface area contributed by atoms with Crippen LogP contribution in [0.4, 0.5) is 0 Å². The fraction of sp³-hybridized carbons (Fsp3) is 1.00. The molecule has 74 valence electrons. The Morgan fingerprint density at radius 3 is 2.08 bits per heavy atom. The van der Waals surface area contributed by atoms with Crippen LogP contribution in [-0.2, 0) is 0 Å². The SMILES string of the molecule is CCC(CC)N(C)CC(C)CO. The third-order valence-corrected chi connectivity index (χ3v) is 2.48. The molecule has 0 rings (SSSR count). The fourth-order valence-electron chi connectivity index (χ4n) is 1.61. The molecule has 0 aliphatic rings. The fourth-order valence-corrected chi connectivity index (χ4v) is 1.61. The molecule has 12 heavy (non-hydrogen) atoms. The van der Waals surface area contributed by atoms with Crippen molar-refractivity contribution in [1.82, 2.24) is 4.90 Å². The van der Waals surface area contributed by atoms with Crippen molar-refractivity contribution < 1.29 is 5.11 Å². The van der Waals surface area contributed by atoms with Crippen LogP contribution in [0.25, 0.3) is 0 Å². The Morgan fingerprint density at radius 2 is 1.75 bits per heavy atom. The highest BCUT2D eigenvalue weighted by Gasteiger charge is 2.12. The molecule has 0 saturated heterocycles. The predicted octanol–water partition coefficient (Wildman–Crippen LogP) is 1.74. The normalized spacial score (nSPS) is 14.2. The van der Waals surface area contributed by atoms with E-state index >= 15 is 0 Å². The first-order chi connectivity index (χ1) is 5.65. The molecular formula is C10H23NO. The molecule has 0 aliphatic carbocycles. The molecule has 0 aromatic rings. The molecule has 1 unspecified atom stereocenters. The quantitative estimate of drug-likeness (QED) is 0.661. The van der Waals surface area contributed by atoms with E-state index in [1.54, 1.807) is 0 Å². The van der Waals surface area contributed by atoms with Gasteiger partial charge in [0.1, 0.15) is 0 Å². The smallest absolute Gasteiger partial charge is 0.0468 e. The Kier molecular flexibility index (Phi) is 6.39. The highest BCUT2D eigenvalue weighted by Crippen LogP contribution is 2.08. The van der Waals surface area contributed by atoms with Crippen molar-refractivity contribution in [3.63, 3.8) is 0 Å². The van der Waals surface area contributed by atoms with Crippen molar-refractivity contribution in [2.75, 3.05) is 20.2 Å². The van der Waals surface area contributed by atoms with Gasteiger partial charge in [-0.2, -0.15) is 0 Å². The molecule has 0 spiro atoms. The largest absolute Gasteiger partial charge is 0.396 e. The van der Waals surface area contributed by atoms with Crippen LogP contribution in [0.5, 0.6) is 0 Å². The van der Waals surface area contributed by atoms with E-state index in [0.29, 0.717) is 18.6 Å². The first-order valence-corrected chi connectivity index (χ1v) is 4.96. The highest BCUT2D eigenvalue weighted by atomic mass is 16.3. The number of rotatable bonds is 6. The summed E-state index contributed by atoms with van der Waals surface area (Å²) in [6.07, 6.45) is 2.40. The van der Waals surface area contributed by atoms with Gasteiger partial charge in [-0.1, -0.05) is 20.8 Å². The van der Waals surface area contributed by atoms with E-state index in [4.69, 9.17) is 5.11 Å². The zero-order chi connectivity index (χ0) is 9.56. The van der Waals surface area contributed by atoms with E-state index in [9.17, 15) is 0 Å². The maximum absolute atomic E-state index is 8.88. The second-order valence-electron chi connectivity index (χ2n) is 3.70. The summed E-state index contributed by atoms with van der Waals surface area (Å²) in [6, 6.07) is 0.680. The standard InChI is InChI=1S/C10H23NO/c1-5-10(6-2)11(4)7-9(3)8-12/h9-10,12H,5-8H2,1-4H3. The van der Waals surface area contributed by atoms with Crippen molar-refractivity contribution in [3.05, 3.63) is 0 Å². The van der Waals surface area contributed by atoms with E-state index in [1.165, 1.54) is 12.8 Å². The second kappa shape index (κ2) is 6.44. The number of hydrogen-bond acceptors (Lipinski definition) is 2. The predicted molar refractivity (Wildman–Crippen MR) is 53.2 cm³/mol. The van der Waals surface area contributed by atoms with Crippen LogP contribution in [0.1, 0.15) is 33.6 Å². The van der Waals surface area contributed by atoms with Gasteiger partial charge in [-0.25, -0.2) is 0 Å². The second-order valence-corrected chi connectivity index (χ2v) is 3.70. The highest BCUT2D eigenvalue weighted by molar-refractivity contribution is 4.67. The number of aliphatic hydroxyl groups excluding tert-OH is 1. The first-order valence-electron chi connectivity index (χ1n) is 4.96. The average Bonchev–Trinajstić information content (AvgIpc) is 2.06. The summed E-state index contributed by atoms with van der Waals surface area (Å²) in [5, 5.41) is 8.88. The third-order valence-electron chi connectivity index (χ3n) is 2.48. The Hall–Kier alpha value is -0.0800.